The molecule has 0 amide bonds. The molecule has 2 saturated heterocycles. The summed E-state index contributed by atoms with van der Waals surface area (Å²) in [6, 6.07) is 0.508. The predicted octanol–water partition coefficient (Wildman–Crippen LogP) is 0.395. The second-order valence-electron chi connectivity index (χ2n) is 4.55. The summed E-state index contributed by atoms with van der Waals surface area (Å²) in [5.74, 6) is -0.372. The van der Waals surface area contributed by atoms with E-state index in [1.807, 2.05) is 7.05 Å². The lowest BCUT2D eigenvalue weighted by Gasteiger charge is -2.46. The molecule has 0 spiro atoms. The summed E-state index contributed by atoms with van der Waals surface area (Å²) in [6.45, 7) is 1.27. The Labute approximate surface area is 89.6 Å². The van der Waals surface area contributed by atoms with Gasteiger partial charge < -0.3 is 4.74 Å². The number of hydrogen-bond donors (Lipinski definition) is 0. The van der Waals surface area contributed by atoms with Gasteiger partial charge in [0.2, 0.25) is 0 Å². The van der Waals surface area contributed by atoms with Gasteiger partial charge in [0.25, 0.3) is 0 Å². The van der Waals surface area contributed by atoms with Crippen LogP contribution in [-0.2, 0) is 15.0 Å². The molecule has 4 nitrogen and oxygen atoms in total. The summed E-state index contributed by atoms with van der Waals surface area (Å²) in [4.78, 5) is 2.23. The Bertz CT molecular complexity index is 318. The van der Waals surface area contributed by atoms with Crippen LogP contribution in [0.3, 0.4) is 0 Å². The lowest BCUT2D eigenvalue weighted by molar-refractivity contribution is -0.0720. The van der Waals surface area contributed by atoms with Crippen LogP contribution in [0, 0.1) is 5.92 Å². The van der Waals surface area contributed by atoms with Gasteiger partial charge in [-0.2, -0.15) is 8.42 Å². The normalized spacial score (nSPS) is 37.9. The van der Waals surface area contributed by atoms with Crippen molar-refractivity contribution in [2.45, 2.75) is 24.9 Å². The van der Waals surface area contributed by atoms with Crippen molar-refractivity contribution in [2.75, 3.05) is 26.0 Å². The van der Waals surface area contributed by atoms with Crippen molar-refractivity contribution in [3.05, 3.63) is 0 Å². The second kappa shape index (κ2) is 3.99. The monoisotopic (exact) mass is 237 g/mol. The van der Waals surface area contributed by atoms with E-state index in [-0.39, 0.29) is 23.8 Å². The molecule has 2 fully saturated rings. The molecule has 2 rings (SSSR count). The largest absolute Gasteiger partial charge is 0.378 e. The first-order valence-electron chi connectivity index (χ1n) is 5.18. The summed E-state index contributed by atoms with van der Waals surface area (Å²) in [6.07, 6.45) is 1.44. The van der Waals surface area contributed by atoms with Gasteiger partial charge in [0.15, 0.2) is 0 Å². The summed E-state index contributed by atoms with van der Waals surface area (Å²) in [7, 11) is -2.31. The lowest BCUT2D eigenvalue weighted by Crippen LogP contribution is -2.55. The van der Waals surface area contributed by atoms with Crippen molar-refractivity contribution in [2.24, 2.45) is 5.92 Å². The Morgan fingerprint density at radius 3 is 2.33 bits per heavy atom. The molecule has 2 atom stereocenters. The number of likely N-dealkylation sites (N-methyl/N-ethyl adjacent to an activating group) is 1. The summed E-state index contributed by atoms with van der Waals surface area (Å²) in [5.41, 5.74) is 0. The molecule has 2 heterocycles. The lowest BCUT2D eigenvalue weighted by atomic mass is 9.87. The van der Waals surface area contributed by atoms with Gasteiger partial charge >= 0.3 is 10.2 Å². The molecular weight excluding hydrogens is 221 g/mol. The quantitative estimate of drug-likeness (QED) is 0.652. The highest BCUT2D eigenvalue weighted by atomic mass is 32.3. The first-order chi connectivity index (χ1) is 6.96. The zero-order chi connectivity index (χ0) is 11.1. The number of rotatable bonds is 2. The zero-order valence-electron chi connectivity index (χ0n) is 8.73. The van der Waals surface area contributed by atoms with Crippen molar-refractivity contribution < 1.29 is 17.0 Å². The third-order valence-corrected chi connectivity index (χ3v) is 4.29. The molecule has 0 aromatic carbocycles. The first-order valence-corrected chi connectivity index (χ1v) is 6.73. The Kier molecular flexibility index (Phi) is 3.00. The van der Waals surface area contributed by atoms with Crippen molar-refractivity contribution in [3.63, 3.8) is 0 Å². The van der Waals surface area contributed by atoms with Gasteiger partial charge in [-0.1, -0.05) is 0 Å². The summed E-state index contributed by atoms with van der Waals surface area (Å²) >= 11 is 0. The van der Waals surface area contributed by atoms with Crippen LogP contribution in [0.1, 0.15) is 12.8 Å². The number of fused-ring (bicyclic) bond motifs is 2. The highest BCUT2D eigenvalue weighted by molar-refractivity contribution is 7.86. The maximum Gasteiger partial charge on any atom is 0.302 e. The van der Waals surface area contributed by atoms with Crippen molar-refractivity contribution in [1.29, 1.82) is 0 Å². The number of halogens is 1. The predicted molar refractivity (Wildman–Crippen MR) is 53.8 cm³/mol. The number of piperidine rings is 1. The molecule has 0 aromatic rings. The van der Waals surface area contributed by atoms with Gasteiger partial charge in [-0.05, 0) is 25.8 Å². The molecule has 0 aromatic heterocycles. The van der Waals surface area contributed by atoms with Crippen LogP contribution in [0.4, 0.5) is 3.89 Å². The van der Waals surface area contributed by atoms with Crippen LogP contribution in [0.2, 0.25) is 0 Å². The zero-order valence-corrected chi connectivity index (χ0v) is 9.54. The minimum atomic E-state index is -4.33. The van der Waals surface area contributed by atoms with Crippen LogP contribution >= 0.6 is 0 Å². The van der Waals surface area contributed by atoms with E-state index in [0.717, 1.165) is 12.8 Å². The Morgan fingerprint density at radius 2 is 1.87 bits per heavy atom. The highest BCUT2D eigenvalue weighted by Crippen LogP contribution is 2.31. The molecule has 15 heavy (non-hydrogen) atoms. The smallest absolute Gasteiger partial charge is 0.302 e. The first kappa shape index (κ1) is 11.3. The van der Waals surface area contributed by atoms with E-state index in [2.05, 4.69) is 4.90 Å². The third kappa shape index (κ3) is 2.68. The Morgan fingerprint density at radius 1 is 1.33 bits per heavy atom. The standard InChI is InChI=1S/C9H16FNO3S/c1-11-8-2-7(6-15(10,12)13)3-9(11)5-14-4-8/h7-9H,2-6H2,1H3. The number of hydrogen-bond acceptors (Lipinski definition) is 4. The van der Waals surface area contributed by atoms with E-state index in [0.29, 0.717) is 13.2 Å². The van der Waals surface area contributed by atoms with E-state index in [1.54, 1.807) is 0 Å². The minimum absolute atomic E-state index is 0.0462. The van der Waals surface area contributed by atoms with E-state index in [9.17, 15) is 12.3 Å². The molecule has 0 aliphatic carbocycles. The average Bonchev–Trinajstić information content (AvgIpc) is 2.04. The van der Waals surface area contributed by atoms with Crippen LogP contribution in [-0.4, -0.2) is 51.4 Å². The second-order valence-corrected chi connectivity index (χ2v) is 5.96. The minimum Gasteiger partial charge on any atom is -0.378 e. The molecule has 6 heteroatoms. The maximum absolute atomic E-state index is 12.6. The van der Waals surface area contributed by atoms with E-state index < -0.39 is 10.2 Å². The molecule has 2 bridgehead atoms. The Hall–Kier alpha value is -0.200. The molecule has 2 unspecified atom stereocenters. The van der Waals surface area contributed by atoms with Crippen LogP contribution in [0.15, 0.2) is 0 Å². The van der Waals surface area contributed by atoms with Crippen LogP contribution in [0.5, 0.6) is 0 Å². The average molecular weight is 237 g/mol. The fraction of sp³-hybridized carbons (Fsp3) is 1.00. The molecular formula is C9H16FNO3S. The van der Waals surface area contributed by atoms with E-state index in [4.69, 9.17) is 4.74 Å². The van der Waals surface area contributed by atoms with Crippen molar-refractivity contribution in [3.8, 4) is 0 Å². The summed E-state index contributed by atoms with van der Waals surface area (Å²) < 4.78 is 39.2. The maximum atomic E-state index is 12.6. The van der Waals surface area contributed by atoms with Gasteiger partial charge in [0, 0.05) is 12.1 Å². The van der Waals surface area contributed by atoms with Crippen molar-refractivity contribution in [1.82, 2.24) is 4.90 Å². The number of ether oxygens (including phenoxy) is 1. The van der Waals surface area contributed by atoms with Gasteiger partial charge in [-0.25, -0.2) is 0 Å². The topological polar surface area (TPSA) is 46.6 Å². The van der Waals surface area contributed by atoms with E-state index >= 15 is 0 Å². The van der Waals surface area contributed by atoms with Gasteiger partial charge in [0.1, 0.15) is 0 Å². The van der Waals surface area contributed by atoms with Gasteiger partial charge in [-0.3, -0.25) is 4.90 Å². The fourth-order valence-corrected chi connectivity index (χ4v) is 3.46. The molecule has 2 aliphatic heterocycles. The third-order valence-electron chi connectivity index (χ3n) is 3.42. The molecule has 88 valence electrons. The van der Waals surface area contributed by atoms with Crippen LogP contribution in [0.25, 0.3) is 0 Å². The van der Waals surface area contributed by atoms with Gasteiger partial charge in [-0.15, -0.1) is 3.89 Å². The van der Waals surface area contributed by atoms with Crippen molar-refractivity contribution >= 4 is 10.2 Å². The SMILES string of the molecule is CN1C2COCC1CC(CS(=O)(=O)F)C2. The molecule has 2 aliphatic rings. The molecule has 0 saturated carbocycles. The molecule has 0 N–H and O–H groups in total. The van der Waals surface area contributed by atoms with E-state index in [1.165, 1.54) is 0 Å². The summed E-state index contributed by atoms with van der Waals surface area (Å²) in [5, 5.41) is 0. The number of morpholine rings is 1. The number of nitrogens with zero attached hydrogens (tertiary/aromatic N) is 1. The highest BCUT2D eigenvalue weighted by Gasteiger charge is 2.38. The fourth-order valence-electron chi connectivity index (χ4n) is 2.63. The van der Waals surface area contributed by atoms with Gasteiger partial charge in [0.05, 0.1) is 19.0 Å². The van der Waals surface area contributed by atoms with Crippen LogP contribution < -0.4 is 0 Å². The Balaban J connectivity index is 2.01. The molecule has 0 radical (unpaired) electrons.